The molecular formula is C24H27FN6OS. The summed E-state index contributed by atoms with van der Waals surface area (Å²) in [5, 5.41) is 9.74. The highest BCUT2D eigenvalue weighted by Crippen LogP contribution is 2.25. The monoisotopic (exact) mass is 466 g/mol. The van der Waals surface area contributed by atoms with Crippen LogP contribution in [0.4, 0.5) is 4.39 Å². The van der Waals surface area contributed by atoms with E-state index in [1.54, 1.807) is 28.5 Å². The number of likely N-dealkylation sites (tertiary alicyclic amines) is 1. The molecule has 2 aromatic carbocycles. The van der Waals surface area contributed by atoms with Crippen molar-refractivity contribution in [3.63, 3.8) is 0 Å². The summed E-state index contributed by atoms with van der Waals surface area (Å²) in [4.78, 5) is 17.6. The first-order valence-electron chi connectivity index (χ1n) is 11.4. The van der Waals surface area contributed by atoms with E-state index in [0.717, 1.165) is 59.5 Å². The molecule has 33 heavy (non-hydrogen) atoms. The zero-order chi connectivity index (χ0) is 22.6. The van der Waals surface area contributed by atoms with Crippen LogP contribution >= 0.6 is 11.8 Å². The summed E-state index contributed by atoms with van der Waals surface area (Å²) in [5.74, 6) is 1.40. The lowest BCUT2D eigenvalue weighted by atomic mass is 10.1. The van der Waals surface area contributed by atoms with Gasteiger partial charge in [-0.2, -0.15) is 0 Å². The first kappa shape index (κ1) is 21.9. The van der Waals surface area contributed by atoms with Gasteiger partial charge >= 0.3 is 5.69 Å². The second-order valence-electron chi connectivity index (χ2n) is 8.35. The van der Waals surface area contributed by atoms with Crippen LogP contribution in [0.25, 0.3) is 16.7 Å². The van der Waals surface area contributed by atoms with E-state index in [2.05, 4.69) is 20.1 Å². The summed E-state index contributed by atoms with van der Waals surface area (Å²) >= 11 is 1.61. The maximum Gasteiger partial charge on any atom is 0.326 e. The predicted octanol–water partition coefficient (Wildman–Crippen LogP) is 4.22. The average molecular weight is 467 g/mol. The Kier molecular flexibility index (Phi) is 6.59. The van der Waals surface area contributed by atoms with Gasteiger partial charge in [0.15, 0.2) is 11.0 Å². The van der Waals surface area contributed by atoms with Gasteiger partial charge in [0.25, 0.3) is 0 Å². The molecule has 0 spiro atoms. The Morgan fingerprint density at radius 2 is 1.79 bits per heavy atom. The van der Waals surface area contributed by atoms with Gasteiger partial charge in [0.05, 0.1) is 17.6 Å². The van der Waals surface area contributed by atoms with Crippen molar-refractivity contribution in [2.24, 2.45) is 0 Å². The van der Waals surface area contributed by atoms with Gasteiger partial charge < -0.3 is 4.98 Å². The van der Waals surface area contributed by atoms with Gasteiger partial charge in [0.1, 0.15) is 5.82 Å². The van der Waals surface area contributed by atoms with E-state index in [4.69, 9.17) is 0 Å². The highest BCUT2D eigenvalue weighted by Gasteiger charge is 2.19. The predicted molar refractivity (Wildman–Crippen MR) is 128 cm³/mol. The van der Waals surface area contributed by atoms with E-state index < -0.39 is 0 Å². The van der Waals surface area contributed by atoms with Crippen LogP contribution in [-0.4, -0.2) is 48.1 Å². The largest absolute Gasteiger partial charge is 0.326 e. The fourth-order valence-corrected chi connectivity index (χ4v) is 5.27. The standard InChI is InChI=1S/C24H27FN6OS/c25-18-9-11-19(12-10-18)31-22(17-29-13-4-1-5-14-29)27-28-24(31)33-16-6-15-30-21-8-3-2-7-20(21)26-23(30)32/h2-3,7-12H,1,4-6,13-17H2,(H,26,32). The molecule has 1 aliphatic heterocycles. The minimum absolute atomic E-state index is 0.0838. The van der Waals surface area contributed by atoms with Crippen LogP contribution in [0.2, 0.25) is 0 Å². The maximum absolute atomic E-state index is 13.5. The van der Waals surface area contributed by atoms with E-state index in [1.807, 2.05) is 28.8 Å². The van der Waals surface area contributed by atoms with Crippen molar-refractivity contribution < 1.29 is 4.39 Å². The van der Waals surface area contributed by atoms with Crippen molar-refractivity contribution in [3.05, 3.63) is 70.7 Å². The van der Waals surface area contributed by atoms with Gasteiger partial charge in [-0.25, -0.2) is 9.18 Å². The van der Waals surface area contributed by atoms with Crippen LogP contribution in [0, 0.1) is 5.82 Å². The number of hydrogen-bond donors (Lipinski definition) is 1. The Morgan fingerprint density at radius 3 is 2.61 bits per heavy atom. The fourth-order valence-electron chi connectivity index (χ4n) is 4.38. The molecule has 0 saturated carbocycles. The summed E-state index contributed by atoms with van der Waals surface area (Å²) in [7, 11) is 0. The van der Waals surface area contributed by atoms with Crippen molar-refractivity contribution in [2.75, 3.05) is 18.8 Å². The molecule has 4 aromatic rings. The van der Waals surface area contributed by atoms with Gasteiger partial charge in [-0.1, -0.05) is 30.3 Å². The molecule has 3 heterocycles. The molecule has 7 nitrogen and oxygen atoms in total. The minimum Gasteiger partial charge on any atom is -0.306 e. The number of aromatic amines is 1. The quantitative estimate of drug-likeness (QED) is 0.311. The van der Waals surface area contributed by atoms with Crippen LogP contribution in [-0.2, 0) is 13.1 Å². The van der Waals surface area contributed by atoms with Crippen molar-refractivity contribution in [1.29, 1.82) is 0 Å². The molecule has 1 saturated heterocycles. The van der Waals surface area contributed by atoms with E-state index in [-0.39, 0.29) is 11.5 Å². The maximum atomic E-state index is 13.5. The lowest BCUT2D eigenvalue weighted by Gasteiger charge is -2.26. The molecule has 0 aliphatic carbocycles. The lowest BCUT2D eigenvalue weighted by molar-refractivity contribution is 0.214. The summed E-state index contributed by atoms with van der Waals surface area (Å²) in [6.07, 6.45) is 4.50. The number of rotatable bonds is 8. The number of imidazole rings is 1. The third-order valence-electron chi connectivity index (χ3n) is 6.04. The van der Waals surface area contributed by atoms with Gasteiger partial charge in [0.2, 0.25) is 0 Å². The molecule has 9 heteroatoms. The fraction of sp³-hybridized carbons (Fsp3) is 0.375. The SMILES string of the molecule is O=c1[nH]c2ccccc2n1CCCSc1nnc(CN2CCCCC2)n1-c1ccc(F)cc1. The first-order chi connectivity index (χ1) is 16.2. The van der Waals surface area contributed by atoms with E-state index >= 15 is 0 Å². The second-order valence-corrected chi connectivity index (χ2v) is 9.41. The molecule has 172 valence electrons. The number of hydrogen-bond acceptors (Lipinski definition) is 5. The highest BCUT2D eigenvalue weighted by molar-refractivity contribution is 7.99. The van der Waals surface area contributed by atoms with Crippen molar-refractivity contribution in [2.45, 2.75) is 43.9 Å². The van der Waals surface area contributed by atoms with Crippen molar-refractivity contribution in [3.8, 4) is 5.69 Å². The number of aryl methyl sites for hydroxylation is 1. The zero-order valence-corrected chi connectivity index (χ0v) is 19.2. The summed E-state index contributed by atoms with van der Waals surface area (Å²) in [5.41, 5.74) is 2.56. The molecule has 0 radical (unpaired) electrons. The number of nitrogens with one attached hydrogen (secondary N) is 1. The molecule has 0 atom stereocenters. The third kappa shape index (κ3) is 4.89. The van der Waals surface area contributed by atoms with E-state index in [1.165, 1.54) is 31.4 Å². The Labute approximate surface area is 195 Å². The number of H-pyrrole nitrogens is 1. The second kappa shape index (κ2) is 9.93. The number of piperidine rings is 1. The molecule has 1 aliphatic rings. The van der Waals surface area contributed by atoms with Crippen molar-refractivity contribution >= 4 is 22.8 Å². The smallest absolute Gasteiger partial charge is 0.306 e. The van der Waals surface area contributed by atoms with Gasteiger partial charge in [0, 0.05) is 18.0 Å². The number of benzene rings is 2. The Morgan fingerprint density at radius 1 is 1.00 bits per heavy atom. The zero-order valence-electron chi connectivity index (χ0n) is 18.4. The number of thioether (sulfide) groups is 1. The lowest BCUT2D eigenvalue weighted by Crippen LogP contribution is -2.30. The van der Waals surface area contributed by atoms with E-state index in [0.29, 0.717) is 6.54 Å². The highest BCUT2D eigenvalue weighted by atomic mass is 32.2. The average Bonchev–Trinajstić information content (AvgIpc) is 3.38. The normalized spacial score (nSPS) is 14.8. The topological polar surface area (TPSA) is 71.7 Å². The third-order valence-corrected chi connectivity index (χ3v) is 7.05. The number of para-hydroxylation sites is 2. The number of halogens is 1. The Balaban J connectivity index is 1.31. The molecule has 0 unspecified atom stereocenters. The van der Waals surface area contributed by atoms with Crippen LogP contribution in [0.1, 0.15) is 31.5 Å². The van der Waals surface area contributed by atoms with Crippen molar-refractivity contribution in [1.82, 2.24) is 29.2 Å². The molecule has 0 bridgehead atoms. The molecule has 1 N–H and O–H groups in total. The Bertz CT molecular complexity index is 1270. The van der Waals surface area contributed by atoms with Crippen LogP contribution in [0.5, 0.6) is 0 Å². The molecule has 1 fully saturated rings. The molecule has 2 aromatic heterocycles. The molecule has 5 rings (SSSR count). The number of fused-ring (bicyclic) bond motifs is 1. The molecular weight excluding hydrogens is 439 g/mol. The first-order valence-corrected chi connectivity index (χ1v) is 12.4. The van der Waals surface area contributed by atoms with Crippen LogP contribution in [0.3, 0.4) is 0 Å². The van der Waals surface area contributed by atoms with Gasteiger partial charge in [-0.15, -0.1) is 10.2 Å². The summed E-state index contributed by atoms with van der Waals surface area (Å²) in [6.45, 7) is 3.49. The minimum atomic E-state index is -0.261. The van der Waals surface area contributed by atoms with E-state index in [9.17, 15) is 9.18 Å². The molecule has 0 amide bonds. The Hall–Kier alpha value is -2.91. The van der Waals surface area contributed by atoms with Crippen LogP contribution < -0.4 is 5.69 Å². The summed E-state index contributed by atoms with van der Waals surface area (Å²) in [6, 6.07) is 14.2. The van der Waals surface area contributed by atoms with Crippen LogP contribution in [0.15, 0.2) is 58.5 Å². The summed E-state index contributed by atoms with van der Waals surface area (Å²) < 4.78 is 17.4. The van der Waals surface area contributed by atoms with Gasteiger partial charge in [-0.3, -0.25) is 14.0 Å². The number of nitrogens with zero attached hydrogens (tertiary/aromatic N) is 5. The van der Waals surface area contributed by atoms with Gasteiger partial charge in [-0.05, 0) is 68.8 Å². The number of aromatic nitrogens is 5.